The van der Waals surface area contributed by atoms with Gasteiger partial charge in [-0.1, -0.05) is 18.7 Å². The number of nitrogens with zero attached hydrogens (tertiary/aromatic N) is 3. The number of aromatic nitrogens is 3. The summed E-state index contributed by atoms with van der Waals surface area (Å²) in [5.41, 5.74) is -0.284. The Labute approximate surface area is 146 Å². The fraction of sp³-hybridized carbons (Fsp3) is 0.357. The van der Waals surface area contributed by atoms with Gasteiger partial charge in [-0.05, 0) is 12.5 Å². The van der Waals surface area contributed by atoms with Crippen LogP contribution in [0.2, 0.25) is 0 Å². The molecule has 0 bridgehead atoms. The van der Waals surface area contributed by atoms with Crippen molar-refractivity contribution in [2.24, 2.45) is 0 Å². The third kappa shape index (κ3) is 4.59. The number of nitro benzene ring substituents is 1. The quantitative estimate of drug-likeness (QED) is 0.411. The summed E-state index contributed by atoms with van der Waals surface area (Å²) in [6.07, 6.45) is 0.754. The minimum absolute atomic E-state index is 0.0140. The van der Waals surface area contributed by atoms with Crippen LogP contribution in [0, 0.1) is 10.1 Å². The predicted octanol–water partition coefficient (Wildman–Crippen LogP) is 1.63. The molecule has 1 amide bonds. The van der Waals surface area contributed by atoms with Crippen LogP contribution < -0.4 is 15.7 Å². The minimum atomic E-state index is -0.559. The standard InChI is InChI=1S/C14H17N5O5S/c1-3-6-18-13(21)16-17-14(18)25-8-12(20)15-10-7-9(19(22)23)4-5-11(10)24-2/h4-5,7H,3,6,8H2,1-2H3,(H,15,20)(H,16,21). The maximum Gasteiger partial charge on any atom is 0.343 e. The van der Waals surface area contributed by atoms with Crippen LogP contribution in [0.5, 0.6) is 5.75 Å². The summed E-state index contributed by atoms with van der Waals surface area (Å²) in [5.74, 6) is -0.103. The molecular weight excluding hydrogens is 350 g/mol. The highest BCUT2D eigenvalue weighted by atomic mass is 32.2. The number of carbonyl (C=O) groups is 1. The average Bonchev–Trinajstić information content (AvgIpc) is 2.93. The molecule has 10 nitrogen and oxygen atoms in total. The second kappa shape index (κ2) is 8.33. The number of H-pyrrole nitrogens is 1. The summed E-state index contributed by atoms with van der Waals surface area (Å²) in [6.45, 7) is 2.42. The van der Waals surface area contributed by atoms with E-state index in [1.165, 1.54) is 29.9 Å². The molecule has 134 valence electrons. The summed E-state index contributed by atoms with van der Waals surface area (Å²) in [5, 5.41) is 20.1. The molecule has 0 unspecified atom stereocenters. The molecule has 1 aromatic carbocycles. The number of nitro groups is 1. The number of hydrogen-bond acceptors (Lipinski definition) is 7. The normalized spacial score (nSPS) is 10.5. The van der Waals surface area contributed by atoms with Crippen molar-refractivity contribution in [2.45, 2.75) is 25.0 Å². The number of nitrogens with one attached hydrogen (secondary N) is 2. The maximum atomic E-state index is 12.1. The summed E-state index contributed by atoms with van der Waals surface area (Å²) in [7, 11) is 1.40. The maximum absolute atomic E-state index is 12.1. The Hall–Kier alpha value is -2.82. The Bertz CT molecular complexity index is 831. The van der Waals surface area contributed by atoms with Gasteiger partial charge >= 0.3 is 5.69 Å². The highest BCUT2D eigenvalue weighted by Gasteiger charge is 2.15. The first-order valence-corrected chi connectivity index (χ1v) is 8.35. The van der Waals surface area contributed by atoms with Crippen molar-refractivity contribution in [1.29, 1.82) is 0 Å². The van der Waals surface area contributed by atoms with E-state index in [4.69, 9.17) is 4.74 Å². The number of rotatable bonds is 8. The zero-order chi connectivity index (χ0) is 18.4. The van der Waals surface area contributed by atoms with Crippen LogP contribution in [0.25, 0.3) is 0 Å². The van der Waals surface area contributed by atoms with Crippen molar-refractivity contribution in [2.75, 3.05) is 18.2 Å². The van der Waals surface area contributed by atoms with Crippen LogP contribution in [0.3, 0.4) is 0 Å². The lowest BCUT2D eigenvalue weighted by atomic mass is 10.2. The molecule has 0 atom stereocenters. The van der Waals surface area contributed by atoms with Gasteiger partial charge in [-0.2, -0.15) is 0 Å². The summed E-state index contributed by atoms with van der Waals surface area (Å²) in [6, 6.07) is 3.92. The molecule has 0 spiro atoms. The number of anilines is 1. The van der Waals surface area contributed by atoms with E-state index in [2.05, 4.69) is 15.5 Å². The van der Waals surface area contributed by atoms with Crippen molar-refractivity contribution in [3.8, 4) is 5.75 Å². The molecule has 0 radical (unpaired) electrons. The van der Waals surface area contributed by atoms with Crippen molar-refractivity contribution in [1.82, 2.24) is 14.8 Å². The molecular formula is C14H17N5O5S. The van der Waals surface area contributed by atoms with E-state index in [1.807, 2.05) is 6.92 Å². The number of amides is 1. The fourth-order valence-corrected chi connectivity index (χ4v) is 2.83. The van der Waals surface area contributed by atoms with Gasteiger partial charge in [0.2, 0.25) is 5.91 Å². The van der Waals surface area contributed by atoms with Crippen LogP contribution in [0.1, 0.15) is 13.3 Å². The first kappa shape index (κ1) is 18.5. The van der Waals surface area contributed by atoms with Gasteiger partial charge in [0.1, 0.15) is 5.75 Å². The van der Waals surface area contributed by atoms with Gasteiger partial charge in [0.05, 0.1) is 23.5 Å². The number of non-ortho nitro benzene ring substituents is 1. The Morgan fingerprint density at radius 2 is 2.28 bits per heavy atom. The smallest absolute Gasteiger partial charge is 0.343 e. The summed E-state index contributed by atoms with van der Waals surface area (Å²) in [4.78, 5) is 34.0. The fourth-order valence-electron chi connectivity index (χ4n) is 2.06. The van der Waals surface area contributed by atoms with Gasteiger partial charge in [-0.15, -0.1) is 5.10 Å². The molecule has 0 aliphatic rings. The summed E-state index contributed by atoms with van der Waals surface area (Å²) >= 11 is 1.09. The second-order valence-electron chi connectivity index (χ2n) is 4.94. The SMILES string of the molecule is CCCn1c(SCC(=O)Nc2cc([N+](=O)[O-])ccc2OC)n[nH]c1=O. The third-order valence-corrected chi connectivity index (χ3v) is 4.15. The first-order chi connectivity index (χ1) is 12.0. The third-order valence-electron chi connectivity index (χ3n) is 3.17. The molecule has 0 saturated heterocycles. The highest BCUT2D eigenvalue weighted by Crippen LogP contribution is 2.29. The lowest BCUT2D eigenvalue weighted by molar-refractivity contribution is -0.384. The summed E-state index contributed by atoms with van der Waals surface area (Å²) < 4.78 is 6.54. The number of carbonyl (C=O) groups excluding carboxylic acids is 1. The Morgan fingerprint density at radius 1 is 1.52 bits per heavy atom. The predicted molar refractivity (Wildman–Crippen MR) is 92.1 cm³/mol. The Balaban J connectivity index is 2.07. The zero-order valence-corrected chi connectivity index (χ0v) is 14.5. The van der Waals surface area contributed by atoms with Gasteiger partial charge < -0.3 is 10.1 Å². The number of ether oxygens (including phenoxy) is 1. The van der Waals surface area contributed by atoms with Gasteiger partial charge in [0.15, 0.2) is 5.16 Å². The van der Waals surface area contributed by atoms with E-state index in [-0.39, 0.29) is 22.8 Å². The largest absolute Gasteiger partial charge is 0.495 e. The molecule has 2 N–H and O–H groups in total. The molecule has 2 rings (SSSR count). The molecule has 1 aromatic heterocycles. The van der Waals surface area contributed by atoms with Crippen molar-refractivity contribution in [3.63, 3.8) is 0 Å². The van der Waals surface area contributed by atoms with Crippen LogP contribution >= 0.6 is 11.8 Å². The van der Waals surface area contributed by atoms with Crippen LogP contribution in [0.15, 0.2) is 28.2 Å². The molecule has 1 heterocycles. The number of methoxy groups -OCH3 is 1. The van der Waals surface area contributed by atoms with Gasteiger partial charge in [0.25, 0.3) is 5.69 Å². The van der Waals surface area contributed by atoms with E-state index in [1.54, 1.807) is 0 Å². The topological polar surface area (TPSA) is 132 Å². The monoisotopic (exact) mass is 367 g/mol. The number of aromatic amines is 1. The van der Waals surface area contributed by atoms with Crippen LogP contribution in [-0.4, -0.2) is 38.5 Å². The minimum Gasteiger partial charge on any atom is -0.495 e. The van der Waals surface area contributed by atoms with Crippen molar-refractivity contribution in [3.05, 3.63) is 38.8 Å². The average molecular weight is 367 g/mol. The number of hydrogen-bond donors (Lipinski definition) is 2. The van der Waals surface area contributed by atoms with E-state index < -0.39 is 10.8 Å². The van der Waals surface area contributed by atoms with E-state index in [0.29, 0.717) is 17.5 Å². The van der Waals surface area contributed by atoms with Gasteiger partial charge in [-0.3, -0.25) is 19.5 Å². The van der Waals surface area contributed by atoms with E-state index in [9.17, 15) is 19.7 Å². The Morgan fingerprint density at radius 3 is 2.92 bits per heavy atom. The van der Waals surface area contributed by atoms with Crippen molar-refractivity contribution < 1.29 is 14.5 Å². The molecule has 0 aliphatic carbocycles. The first-order valence-electron chi connectivity index (χ1n) is 7.36. The van der Waals surface area contributed by atoms with Gasteiger partial charge in [0, 0.05) is 18.7 Å². The van der Waals surface area contributed by atoms with Crippen LogP contribution in [-0.2, 0) is 11.3 Å². The van der Waals surface area contributed by atoms with Gasteiger partial charge in [-0.25, -0.2) is 9.89 Å². The number of thioether (sulfide) groups is 1. The highest BCUT2D eigenvalue weighted by molar-refractivity contribution is 7.99. The molecule has 25 heavy (non-hydrogen) atoms. The van der Waals surface area contributed by atoms with Crippen LogP contribution in [0.4, 0.5) is 11.4 Å². The molecule has 2 aromatic rings. The van der Waals surface area contributed by atoms with E-state index >= 15 is 0 Å². The Kier molecular flexibility index (Phi) is 6.17. The number of benzene rings is 1. The van der Waals surface area contributed by atoms with Crippen molar-refractivity contribution >= 4 is 29.0 Å². The molecule has 0 saturated carbocycles. The zero-order valence-electron chi connectivity index (χ0n) is 13.6. The molecule has 0 aliphatic heterocycles. The van der Waals surface area contributed by atoms with E-state index in [0.717, 1.165) is 18.2 Å². The molecule has 0 fully saturated rings. The lowest BCUT2D eigenvalue weighted by Crippen LogP contribution is -2.18. The molecule has 11 heteroatoms. The lowest BCUT2D eigenvalue weighted by Gasteiger charge is -2.10. The second-order valence-corrected chi connectivity index (χ2v) is 5.88.